The van der Waals surface area contributed by atoms with E-state index < -0.39 is 0 Å². The third kappa shape index (κ3) is 3.74. The molecule has 1 atom stereocenters. The Balaban J connectivity index is 2.10. The smallest absolute Gasteiger partial charge is 0.119 e. The molecule has 1 unspecified atom stereocenters. The highest BCUT2D eigenvalue weighted by Crippen LogP contribution is 2.31. The van der Waals surface area contributed by atoms with E-state index in [1.165, 1.54) is 14.2 Å². The maximum atomic E-state index is 5.50. The van der Waals surface area contributed by atoms with Crippen LogP contribution in [0.2, 0.25) is 0 Å². The molecule has 1 aromatic heterocycles. The van der Waals surface area contributed by atoms with Crippen LogP contribution in [0.4, 0.5) is 5.69 Å². The quantitative estimate of drug-likeness (QED) is 0.788. The molecular weight excluding hydrogens is 322 g/mol. The molecule has 0 aliphatic heterocycles. The van der Waals surface area contributed by atoms with Crippen molar-refractivity contribution in [1.29, 1.82) is 0 Å². The van der Waals surface area contributed by atoms with Gasteiger partial charge in [-0.2, -0.15) is 0 Å². The Kier molecular flexibility index (Phi) is 4.88. The van der Waals surface area contributed by atoms with Crippen molar-refractivity contribution < 1.29 is 4.74 Å². The minimum Gasteiger partial charge on any atom is -0.494 e. The van der Waals surface area contributed by atoms with Crippen molar-refractivity contribution >= 4 is 33.0 Å². The van der Waals surface area contributed by atoms with Gasteiger partial charge < -0.3 is 10.1 Å². The first-order valence-electron chi connectivity index (χ1n) is 6.35. The van der Waals surface area contributed by atoms with Gasteiger partial charge in [0.05, 0.1) is 16.4 Å². The summed E-state index contributed by atoms with van der Waals surface area (Å²) in [6.45, 7) is 6.97. The number of halogens is 1. The molecule has 1 N–H and O–H groups in total. The fraction of sp³-hybridized carbons (Fsp3) is 0.333. The van der Waals surface area contributed by atoms with Crippen LogP contribution in [0.15, 0.2) is 34.1 Å². The van der Waals surface area contributed by atoms with Gasteiger partial charge in [0.1, 0.15) is 5.75 Å². The first kappa shape index (κ1) is 14.4. The first-order chi connectivity index (χ1) is 9.10. The number of nitrogens with one attached hydrogen (secondary N) is 1. The number of hydrogen-bond acceptors (Lipinski definition) is 3. The summed E-state index contributed by atoms with van der Waals surface area (Å²) < 4.78 is 6.67. The van der Waals surface area contributed by atoms with Crippen LogP contribution >= 0.6 is 27.3 Å². The Morgan fingerprint density at radius 2 is 2.11 bits per heavy atom. The van der Waals surface area contributed by atoms with Crippen molar-refractivity contribution in [1.82, 2.24) is 0 Å². The number of thiophene rings is 1. The highest BCUT2D eigenvalue weighted by Gasteiger charge is 2.09. The highest BCUT2D eigenvalue weighted by atomic mass is 79.9. The van der Waals surface area contributed by atoms with Gasteiger partial charge in [-0.05, 0) is 72.6 Å². The molecule has 1 aromatic carbocycles. The molecule has 19 heavy (non-hydrogen) atoms. The van der Waals surface area contributed by atoms with Gasteiger partial charge in [-0.1, -0.05) is 0 Å². The van der Waals surface area contributed by atoms with Crippen molar-refractivity contribution in [3.63, 3.8) is 0 Å². The molecule has 0 spiro atoms. The van der Waals surface area contributed by atoms with E-state index in [0.717, 1.165) is 11.4 Å². The van der Waals surface area contributed by atoms with Gasteiger partial charge in [0.25, 0.3) is 0 Å². The average molecular weight is 340 g/mol. The van der Waals surface area contributed by atoms with Crippen molar-refractivity contribution in [2.75, 3.05) is 11.9 Å². The van der Waals surface area contributed by atoms with Gasteiger partial charge in [-0.15, -0.1) is 11.3 Å². The van der Waals surface area contributed by atoms with E-state index in [0.29, 0.717) is 12.6 Å². The summed E-state index contributed by atoms with van der Waals surface area (Å²) in [6, 6.07) is 10.7. The van der Waals surface area contributed by atoms with Crippen LogP contribution in [0.1, 0.15) is 30.3 Å². The third-order valence-electron chi connectivity index (χ3n) is 2.90. The number of rotatable bonds is 5. The Morgan fingerprint density at radius 3 is 2.68 bits per heavy atom. The van der Waals surface area contributed by atoms with Gasteiger partial charge in [-0.3, -0.25) is 0 Å². The van der Waals surface area contributed by atoms with Gasteiger partial charge in [-0.25, -0.2) is 0 Å². The van der Waals surface area contributed by atoms with Gasteiger partial charge in [0.15, 0.2) is 0 Å². The molecule has 1 heterocycles. The lowest BCUT2D eigenvalue weighted by atomic mass is 10.1. The number of anilines is 1. The monoisotopic (exact) mass is 339 g/mol. The van der Waals surface area contributed by atoms with Crippen molar-refractivity contribution in [3.05, 3.63) is 44.6 Å². The molecule has 0 amide bonds. The predicted octanol–water partition coefficient (Wildman–Crippen LogP) is 5.39. The van der Waals surface area contributed by atoms with Crippen LogP contribution in [0.3, 0.4) is 0 Å². The van der Waals surface area contributed by atoms with Crippen LogP contribution in [-0.2, 0) is 0 Å². The fourth-order valence-corrected chi connectivity index (χ4v) is 3.35. The lowest BCUT2D eigenvalue weighted by molar-refractivity contribution is 0.340. The average Bonchev–Trinajstić information content (AvgIpc) is 2.80. The molecule has 0 aliphatic carbocycles. The summed E-state index contributed by atoms with van der Waals surface area (Å²) in [5.74, 6) is 0.928. The minimum atomic E-state index is 0.299. The van der Waals surface area contributed by atoms with E-state index in [2.05, 4.69) is 59.4 Å². The van der Waals surface area contributed by atoms with E-state index >= 15 is 0 Å². The van der Waals surface area contributed by atoms with Crippen LogP contribution in [-0.4, -0.2) is 6.61 Å². The predicted molar refractivity (Wildman–Crippen MR) is 86.4 cm³/mol. The van der Waals surface area contributed by atoms with Crippen LogP contribution < -0.4 is 10.1 Å². The summed E-state index contributed by atoms with van der Waals surface area (Å²) in [6.07, 6.45) is 0. The first-order valence-corrected chi connectivity index (χ1v) is 7.96. The number of ether oxygens (including phenoxy) is 1. The zero-order valence-corrected chi connectivity index (χ0v) is 13.8. The second kappa shape index (κ2) is 6.44. The van der Waals surface area contributed by atoms with Crippen molar-refractivity contribution in [3.8, 4) is 5.75 Å². The SMILES string of the molecule is CCOc1ccc(NC(C)c2ccc(Br)s2)c(C)c1. The standard InChI is InChI=1S/C15H18BrNOS/c1-4-18-12-5-6-13(10(2)9-12)17-11(3)14-7-8-15(16)19-14/h5-9,11,17H,4H2,1-3H3. The molecule has 2 rings (SSSR count). The molecule has 4 heteroatoms. The minimum absolute atomic E-state index is 0.299. The molecule has 0 bridgehead atoms. The number of hydrogen-bond donors (Lipinski definition) is 1. The number of aryl methyl sites for hydroxylation is 1. The van der Waals surface area contributed by atoms with Gasteiger partial charge in [0.2, 0.25) is 0 Å². The van der Waals surface area contributed by atoms with Crippen LogP contribution in [0.25, 0.3) is 0 Å². The zero-order chi connectivity index (χ0) is 13.8. The maximum absolute atomic E-state index is 5.50. The van der Waals surface area contributed by atoms with E-state index in [9.17, 15) is 0 Å². The second-order valence-corrected chi connectivity index (χ2v) is 6.91. The number of benzene rings is 1. The Hall–Kier alpha value is -1.00. The fourth-order valence-electron chi connectivity index (χ4n) is 1.92. The molecular formula is C15H18BrNOS. The normalized spacial score (nSPS) is 12.2. The van der Waals surface area contributed by atoms with E-state index in [1.807, 2.05) is 13.0 Å². The molecule has 2 nitrogen and oxygen atoms in total. The van der Waals surface area contributed by atoms with Gasteiger partial charge >= 0.3 is 0 Å². The molecule has 102 valence electrons. The zero-order valence-electron chi connectivity index (χ0n) is 11.4. The topological polar surface area (TPSA) is 21.3 Å². The summed E-state index contributed by atoms with van der Waals surface area (Å²) in [4.78, 5) is 1.32. The summed E-state index contributed by atoms with van der Waals surface area (Å²) in [5.41, 5.74) is 2.36. The Bertz CT molecular complexity index is 553. The Morgan fingerprint density at radius 1 is 1.32 bits per heavy atom. The summed E-state index contributed by atoms with van der Waals surface area (Å²) in [7, 11) is 0. The summed E-state index contributed by atoms with van der Waals surface area (Å²) in [5, 5.41) is 3.54. The molecule has 2 aromatic rings. The maximum Gasteiger partial charge on any atom is 0.119 e. The van der Waals surface area contributed by atoms with E-state index in [1.54, 1.807) is 11.3 Å². The van der Waals surface area contributed by atoms with Gasteiger partial charge in [0, 0.05) is 10.6 Å². The van der Waals surface area contributed by atoms with Crippen LogP contribution in [0.5, 0.6) is 5.75 Å². The molecule has 0 saturated heterocycles. The van der Waals surface area contributed by atoms with Crippen molar-refractivity contribution in [2.45, 2.75) is 26.8 Å². The lowest BCUT2D eigenvalue weighted by Gasteiger charge is -2.16. The molecule has 0 saturated carbocycles. The van der Waals surface area contributed by atoms with Crippen LogP contribution in [0, 0.1) is 6.92 Å². The lowest BCUT2D eigenvalue weighted by Crippen LogP contribution is -2.06. The van der Waals surface area contributed by atoms with E-state index in [4.69, 9.17) is 4.74 Å². The van der Waals surface area contributed by atoms with E-state index in [-0.39, 0.29) is 0 Å². The highest BCUT2D eigenvalue weighted by molar-refractivity contribution is 9.11. The largest absolute Gasteiger partial charge is 0.494 e. The molecule has 0 aliphatic rings. The molecule has 0 fully saturated rings. The summed E-state index contributed by atoms with van der Waals surface area (Å²) >= 11 is 5.26. The second-order valence-electron chi connectivity index (χ2n) is 4.42. The van der Waals surface area contributed by atoms with Crippen molar-refractivity contribution in [2.24, 2.45) is 0 Å². The molecule has 0 radical (unpaired) electrons. The third-order valence-corrected chi connectivity index (χ3v) is 4.71. The Labute approximate surface area is 126 Å².